The maximum atomic E-state index is 13.4. The highest BCUT2D eigenvalue weighted by atomic mass is 19.4. The minimum Gasteiger partial charge on any atom is -0.478 e. The van der Waals surface area contributed by atoms with E-state index in [1.165, 1.54) is 6.07 Å². The molecule has 1 aromatic heterocycles. The molecular weight excluding hydrogens is 280 g/mol. The number of carboxylic acids is 1. The maximum absolute atomic E-state index is 13.4. The molecule has 0 aliphatic rings. The third-order valence-electron chi connectivity index (χ3n) is 2.57. The predicted molar refractivity (Wildman–Crippen MR) is 59.7 cm³/mol. The van der Waals surface area contributed by atoms with E-state index < -0.39 is 29.1 Å². The van der Waals surface area contributed by atoms with Gasteiger partial charge in [-0.1, -0.05) is 6.07 Å². The summed E-state index contributed by atoms with van der Waals surface area (Å²) in [4.78, 5) is 10.6. The highest BCUT2D eigenvalue weighted by Crippen LogP contribution is 2.28. The summed E-state index contributed by atoms with van der Waals surface area (Å²) in [6, 6.07) is 3.33. The van der Waals surface area contributed by atoms with Gasteiger partial charge in [0.25, 0.3) is 0 Å². The Morgan fingerprint density at radius 2 is 2.05 bits per heavy atom. The van der Waals surface area contributed by atoms with Gasteiger partial charge in [0.15, 0.2) is 0 Å². The van der Waals surface area contributed by atoms with Gasteiger partial charge >= 0.3 is 12.1 Å². The van der Waals surface area contributed by atoms with Crippen LogP contribution in [0.3, 0.4) is 0 Å². The van der Waals surface area contributed by atoms with Crippen LogP contribution in [0.2, 0.25) is 0 Å². The number of carboxylic acid groups (broad SMARTS) is 1. The van der Waals surface area contributed by atoms with E-state index in [2.05, 4.69) is 5.10 Å². The summed E-state index contributed by atoms with van der Waals surface area (Å²) in [6.07, 6.45) is -3.03. The lowest BCUT2D eigenvalue weighted by Crippen LogP contribution is -2.05. The van der Waals surface area contributed by atoms with E-state index in [4.69, 9.17) is 5.11 Å². The van der Waals surface area contributed by atoms with Crippen molar-refractivity contribution in [3.8, 4) is 0 Å². The highest BCUT2D eigenvalue weighted by molar-refractivity contribution is 5.87. The van der Waals surface area contributed by atoms with Crippen molar-refractivity contribution in [1.82, 2.24) is 9.78 Å². The summed E-state index contributed by atoms with van der Waals surface area (Å²) >= 11 is 0. The molecule has 8 heteroatoms. The SMILES string of the molecule is O=C(O)c1ccc(Cn2cc(C(F)(F)F)cn2)cc1F. The topological polar surface area (TPSA) is 55.1 Å². The summed E-state index contributed by atoms with van der Waals surface area (Å²) in [7, 11) is 0. The summed E-state index contributed by atoms with van der Waals surface area (Å²) < 4.78 is 51.5. The van der Waals surface area contributed by atoms with Crippen LogP contribution in [-0.2, 0) is 12.7 Å². The van der Waals surface area contributed by atoms with E-state index in [0.717, 1.165) is 23.0 Å². The number of benzene rings is 1. The summed E-state index contributed by atoms with van der Waals surface area (Å²) in [5.74, 6) is -2.36. The summed E-state index contributed by atoms with van der Waals surface area (Å²) in [5, 5.41) is 12.2. The number of hydrogen-bond donors (Lipinski definition) is 1. The predicted octanol–water partition coefficient (Wildman–Crippen LogP) is 2.79. The van der Waals surface area contributed by atoms with Gasteiger partial charge in [0.2, 0.25) is 0 Å². The van der Waals surface area contributed by atoms with Gasteiger partial charge in [-0.2, -0.15) is 18.3 Å². The summed E-state index contributed by atoms with van der Waals surface area (Å²) in [5.41, 5.74) is -1.09. The molecule has 0 radical (unpaired) electrons. The van der Waals surface area contributed by atoms with Crippen LogP contribution in [0.5, 0.6) is 0 Å². The first-order chi connectivity index (χ1) is 9.27. The number of nitrogens with zero attached hydrogens (tertiary/aromatic N) is 2. The van der Waals surface area contributed by atoms with Gasteiger partial charge in [-0.05, 0) is 17.7 Å². The van der Waals surface area contributed by atoms with Crippen molar-refractivity contribution in [2.24, 2.45) is 0 Å². The lowest BCUT2D eigenvalue weighted by atomic mass is 10.1. The molecule has 1 heterocycles. The molecule has 1 N–H and O–H groups in total. The molecule has 20 heavy (non-hydrogen) atoms. The van der Waals surface area contributed by atoms with Crippen molar-refractivity contribution in [1.29, 1.82) is 0 Å². The number of rotatable bonds is 3. The van der Waals surface area contributed by atoms with E-state index in [1.807, 2.05) is 0 Å². The van der Waals surface area contributed by atoms with Crippen molar-refractivity contribution in [2.75, 3.05) is 0 Å². The lowest BCUT2D eigenvalue weighted by molar-refractivity contribution is -0.137. The van der Waals surface area contributed by atoms with Gasteiger partial charge in [0.1, 0.15) is 5.82 Å². The second-order valence-electron chi connectivity index (χ2n) is 4.04. The molecule has 0 unspecified atom stereocenters. The van der Waals surface area contributed by atoms with Gasteiger partial charge in [-0.15, -0.1) is 0 Å². The average molecular weight is 288 g/mol. The van der Waals surface area contributed by atoms with Gasteiger partial charge in [-0.25, -0.2) is 9.18 Å². The largest absolute Gasteiger partial charge is 0.478 e. The van der Waals surface area contributed by atoms with E-state index in [-0.39, 0.29) is 6.54 Å². The van der Waals surface area contributed by atoms with Crippen LogP contribution in [0.15, 0.2) is 30.6 Å². The molecule has 106 valence electrons. The third kappa shape index (κ3) is 2.95. The fourth-order valence-electron chi connectivity index (χ4n) is 1.61. The molecule has 0 saturated heterocycles. The number of carbonyl (C=O) groups is 1. The molecule has 2 aromatic rings. The van der Waals surface area contributed by atoms with Gasteiger partial charge in [0, 0.05) is 6.20 Å². The molecule has 2 rings (SSSR count). The number of aromatic carboxylic acids is 1. The van der Waals surface area contributed by atoms with Gasteiger partial charge in [0.05, 0.1) is 23.9 Å². The second-order valence-corrected chi connectivity index (χ2v) is 4.04. The Kier molecular flexibility index (Phi) is 3.47. The Morgan fingerprint density at radius 3 is 2.55 bits per heavy atom. The molecule has 0 aliphatic heterocycles. The zero-order valence-electron chi connectivity index (χ0n) is 9.86. The Labute approximate surface area is 110 Å². The molecule has 0 saturated carbocycles. The number of aromatic nitrogens is 2. The number of halogens is 4. The molecule has 0 amide bonds. The van der Waals surface area contributed by atoms with Crippen molar-refractivity contribution in [3.63, 3.8) is 0 Å². The van der Waals surface area contributed by atoms with Crippen LogP contribution < -0.4 is 0 Å². The zero-order chi connectivity index (χ0) is 14.9. The maximum Gasteiger partial charge on any atom is 0.419 e. The number of hydrogen-bond acceptors (Lipinski definition) is 2. The Balaban J connectivity index is 2.20. The third-order valence-corrected chi connectivity index (χ3v) is 2.57. The molecule has 0 aliphatic carbocycles. The Hall–Kier alpha value is -2.38. The fraction of sp³-hybridized carbons (Fsp3) is 0.167. The van der Waals surface area contributed by atoms with E-state index >= 15 is 0 Å². The molecule has 0 fully saturated rings. The van der Waals surface area contributed by atoms with E-state index in [9.17, 15) is 22.4 Å². The van der Waals surface area contributed by atoms with Crippen molar-refractivity contribution >= 4 is 5.97 Å². The lowest BCUT2D eigenvalue weighted by Gasteiger charge is -2.04. The van der Waals surface area contributed by atoms with Crippen molar-refractivity contribution in [2.45, 2.75) is 12.7 Å². The molecule has 0 bridgehead atoms. The van der Waals surface area contributed by atoms with E-state index in [0.29, 0.717) is 11.8 Å². The van der Waals surface area contributed by atoms with Crippen molar-refractivity contribution in [3.05, 3.63) is 53.1 Å². The van der Waals surface area contributed by atoms with Crippen LogP contribution in [0.4, 0.5) is 17.6 Å². The van der Waals surface area contributed by atoms with Crippen LogP contribution >= 0.6 is 0 Å². The minimum absolute atomic E-state index is 0.0904. The molecule has 0 atom stereocenters. The Morgan fingerprint density at radius 1 is 1.35 bits per heavy atom. The molecular formula is C12H8F4N2O2. The standard InChI is InChI=1S/C12H8F4N2O2/c13-10-3-7(1-2-9(10)11(19)20)5-18-6-8(4-17-18)12(14,15)16/h1-4,6H,5H2,(H,19,20). The minimum atomic E-state index is -4.49. The van der Waals surface area contributed by atoms with Gasteiger partial charge < -0.3 is 5.11 Å². The normalized spacial score (nSPS) is 11.6. The monoisotopic (exact) mass is 288 g/mol. The van der Waals surface area contributed by atoms with Crippen LogP contribution in [0, 0.1) is 5.82 Å². The average Bonchev–Trinajstić information content (AvgIpc) is 2.76. The first-order valence-electron chi connectivity index (χ1n) is 5.39. The van der Waals surface area contributed by atoms with Gasteiger partial charge in [-0.3, -0.25) is 4.68 Å². The zero-order valence-corrected chi connectivity index (χ0v) is 9.86. The quantitative estimate of drug-likeness (QED) is 0.884. The summed E-state index contributed by atoms with van der Waals surface area (Å²) in [6.45, 7) is -0.0904. The van der Waals surface area contributed by atoms with Crippen LogP contribution in [0.25, 0.3) is 0 Å². The second kappa shape index (κ2) is 4.95. The Bertz CT molecular complexity index is 649. The van der Waals surface area contributed by atoms with Crippen LogP contribution in [-0.4, -0.2) is 20.9 Å². The number of alkyl halides is 3. The van der Waals surface area contributed by atoms with Crippen molar-refractivity contribution < 1.29 is 27.5 Å². The first kappa shape index (κ1) is 14.0. The molecule has 0 spiro atoms. The molecule has 1 aromatic carbocycles. The fourth-order valence-corrected chi connectivity index (χ4v) is 1.61. The highest BCUT2D eigenvalue weighted by Gasteiger charge is 2.32. The van der Waals surface area contributed by atoms with Crippen LogP contribution in [0.1, 0.15) is 21.5 Å². The first-order valence-corrected chi connectivity index (χ1v) is 5.39. The van der Waals surface area contributed by atoms with E-state index in [1.54, 1.807) is 0 Å². The molecule has 4 nitrogen and oxygen atoms in total. The smallest absolute Gasteiger partial charge is 0.419 e.